The Balaban J connectivity index is 2.48. The molecule has 3 nitrogen and oxygen atoms in total. The highest BCUT2D eigenvalue weighted by Crippen LogP contribution is 2.28. The van der Waals surface area contributed by atoms with Gasteiger partial charge in [-0.15, -0.1) is 0 Å². The Morgan fingerprint density at radius 1 is 1.22 bits per heavy atom. The van der Waals surface area contributed by atoms with Crippen LogP contribution in [0.4, 0.5) is 0 Å². The van der Waals surface area contributed by atoms with Gasteiger partial charge in [-0.25, -0.2) is 4.79 Å². The fourth-order valence-electron chi connectivity index (χ4n) is 1.92. The molecule has 1 atom stereocenters. The van der Waals surface area contributed by atoms with E-state index in [4.69, 9.17) is 0 Å². The van der Waals surface area contributed by atoms with Crippen molar-refractivity contribution in [2.75, 3.05) is 7.11 Å². The number of rotatable bonds is 3. The van der Waals surface area contributed by atoms with Gasteiger partial charge in [-0.05, 0) is 16.3 Å². The predicted molar refractivity (Wildman–Crippen MR) is 70.1 cm³/mol. The number of carbonyl (C=O) groups is 1. The summed E-state index contributed by atoms with van der Waals surface area (Å²) in [6, 6.07) is 13.2. The van der Waals surface area contributed by atoms with Gasteiger partial charge in [0.25, 0.3) is 0 Å². The predicted octanol–water partition coefficient (Wildman–Crippen LogP) is 2.60. The Morgan fingerprint density at radius 2 is 1.89 bits per heavy atom. The smallest absolute Gasteiger partial charge is 0.336 e. The van der Waals surface area contributed by atoms with Crippen molar-refractivity contribution >= 4 is 16.7 Å². The van der Waals surface area contributed by atoms with Crippen molar-refractivity contribution in [3.8, 4) is 0 Å². The van der Waals surface area contributed by atoms with Gasteiger partial charge >= 0.3 is 5.97 Å². The molecule has 0 spiro atoms. The molecule has 0 aliphatic heterocycles. The molecule has 0 bridgehead atoms. The molecule has 0 heterocycles. The van der Waals surface area contributed by atoms with Crippen molar-refractivity contribution < 1.29 is 14.6 Å². The molecule has 0 saturated carbocycles. The monoisotopic (exact) mass is 242 g/mol. The lowest BCUT2D eigenvalue weighted by Gasteiger charge is -2.14. The molecule has 92 valence electrons. The summed E-state index contributed by atoms with van der Waals surface area (Å²) < 4.78 is 4.57. The molecule has 0 radical (unpaired) electrons. The molecule has 1 unspecified atom stereocenters. The van der Waals surface area contributed by atoms with Crippen LogP contribution in [0.3, 0.4) is 0 Å². The van der Waals surface area contributed by atoms with E-state index >= 15 is 0 Å². The van der Waals surface area contributed by atoms with E-state index in [2.05, 4.69) is 11.3 Å². The molecule has 2 aromatic carbocycles. The van der Waals surface area contributed by atoms with Gasteiger partial charge in [0.05, 0.1) is 12.7 Å². The van der Waals surface area contributed by atoms with Gasteiger partial charge in [-0.2, -0.15) is 0 Å². The highest BCUT2D eigenvalue weighted by Gasteiger charge is 2.20. The van der Waals surface area contributed by atoms with Gasteiger partial charge in [-0.3, -0.25) is 0 Å². The molecule has 3 heteroatoms. The van der Waals surface area contributed by atoms with Crippen LogP contribution in [0.25, 0.3) is 10.8 Å². The molecule has 0 aliphatic carbocycles. The molecule has 0 saturated heterocycles. The van der Waals surface area contributed by atoms with Gasteiger partial charge in [0.15, 0.2) is 0 Å². The van der Waals surface area contributed by atoms with Crippen LogP contribution in [0.2, 0.25) is 0 Å². The van der Waals surface area contributed by atoms with Crippen molar-refractivity contribution in [3.05, 3.63) is 60.2 Å². The maximum Gasteiger partial charge on any atom is 0.336 e. The van der Waals surface area contributed by atoms with E-state index in [0.29, 0.717) is 5.56 Å². The molecule has 0 amide bonds. The third kappa shape index (κ3) is 2.13. The minimum Gasteiger partial charge on any atom is -0.466 e. The van der Waals surface area contributed by atoms with Crippen LogP contribution in [0.15, 0.2) is 54.6 Å². The minimum absolute atomic E-state index is 0.0360. The first-order chi connectivity index (χ1) is 8.65. The number of ether oxygens (including phenoxy) is 1. The lowest BCUT2D eigenvalue weighted by atomic mass is 9.96. The van der Waals surface area contributed by atoms with Gasteiger partial charge in [0.1, 0.15) is 6.10 Å². The van der Waals surface area contributed by atoms with Crippen LogP contribution >= 0.6 is 0 Å². The van der Waals surface area contributed by atoms with Crippen molar-refractivity contribution in [3.63, 3.8) is 0 Å². The fourth-order valence-corrected chi connectivity index (χ4v) is 1.92. The zero-order valence-corrected chi connectivity index (χ0v) is 10.1. The molecule has 0 fully saturated rings. The number of benzene rings is 2. The molecule has 0 aliphatic rings. The summed E-state index contributed by atoms with van der Waals surface area (Å²) in [5.74, 6) is -0.601. The van der Waals surface area contributed by atoms with Crippen LogP contribution in [0.1, 0.15) is 11.7 Å². The van der Waals surface area contributed by atoms with Crippen LogP contribution in [0.5, 0.6) is 0 Å². The van der Waals surface area contributed by atoms with E-state index in [1.54, 1.807) is 6.07 Å². The molecule has 2 aromatic rings. The van der Waals surface area contributed by atoms with Crippen molar-refractivity contribution in [2.24, 2.45) is 0 Å². The average molecular weight is 242 g/mol. The Hall–Kier alpha value is -2.13. The summed E-state index contributed by atoms with van der Waals surface area (Å²) in [6.07, 6.45) is -1.05. The Kier molecular flexibility index (Phi) is 3.44. The first-order valence-corrected chi connectivity index (χ1v) is 5.58. The number of fused-ring (bicyclic) bond motifs is 1. The molecular formula is C15H14O3. The Labute approximate surface area is 105 Å². The summed E-state index contributed by atoms with van der Waals surface area (Å²) in [5, 5.41) is 12.1. The molecular weight excluding hydrogens is 228 g/mol. The number of hydrogen-bond acceptors (Lipinski definition) is 3. The van der Waals surface area contributed by atoms with Crippen LogP contribution < -0.4 is 0 Å². The average Bonchev–Trinajstić information content (AvgIpc) is 2.44. The Bertz CT molecular complexity index is 596. The standard InChI is InChI=1S/C15H14O3/c1-10(15(17)18-2)14(16)13-9-5-7-11-6-3-4-8-12(11)13/h3-9,14,16H,1H2,2H3. The third-order valence-corrected chi connectivity index (χ3v) is 2.90. The van der Waals surface area contributed by atoms with Gasteiger partial charge in [0.2, 0.25) is 0 Å². The zero-order chi connectivity index (χ0) is 13.1. The van der Waals surface area contributed by atoms with Gasteiger partial charge in [0, 0.05) is 0 Å². The highest BCUT2D eigenvalue weighted by molar-refractivity contribution is 5.92. The highest BCUT2D eigenvalue weighted by atomic mass is 16.5. The quantitative estimate of drug-likeness (QED) is 0.664. The minimum atomic E-state index is -1.05. The van der Waals surface area contributed by atoms with E-state index in [-0.39, 0.29) is 5.57 Å². The van der Waals surface area contributed by atoms with E-state index in [1.807, 2.05) is 36.4 Å². The van der Waals surface area contributed by atoms with Crippen LogP contribution in [0, 0.1) is 0 Å². The van der Waals surface area contributed by atoms with Gasteiger partial charge in [-0.1, -0.05) is 49.0 Å². The summed E-state index contributed by atoms with van der Waals surface area (Å²) in [6.45, 7) is 3.58. The second kappa shape index (κ2) is 5.02. The normalized spacial score (nSPS) is 12.1. The first kappa shape index (κ1) is 12.3. The van der Waals surface area contributed by atoms with Crippen molar-refractivity contribution in [1.82, 2.24) is 0 Å². The van der Waals surface area contributed by atoms with E-state index < -0.39 is 12.1 Å². The number of hydrogen-bond donors (Lipinski definition) is 1. The second-order valence-corrected chi connectivity index (χ2v) is 3.99. The third-order valence-electron chi connectivity index (χ3n) is 2.90. The zero-order valence-electron chi connectivity index (χ0n) is 10.1. The lowest BCUT2D eigenvalue weighted by Crippen LogP contribution is -2.12. The van der Waals surface area contributed by atoms with Crippen molar-refractivity contribution in [2.45, 2.75) is 6.10 Å². The van der Waals surface area contributed by atoms with Crippen LogP contribution in [-0.4, -0.2) is 18.2 Å². The molecule has 1 N–H and O–H groups in total. The molecule has 18 heavy (non-hydrogen) atoms. The fraction of sp³-hybridized carbons (Fsp3) is 0.133. The van der Waals surface area contributed by atoms with E-state index in [1.165, 1.54) is 7.11 Å². The van der Waals surface area contributed by atoms with E-state index in [9.17, 15) is 9.90 Å². The maximum atomic E-state index is 11.4. The molecule has 2 rings (SSSR count). The van der Waals surface area contributed by atoms with Crippen LogP contribution in [-0.2, 0) is 9.53 Å². The topological polar surface area (TPSA) is 46.5 Å². The SMILES string of the molecule is C=C(C(=O)OC)C(O)c1cccc2ccccc12. The van der Waals surface area contributed by atoms with Crippen molar-refractivity contribution in [1.29, 1.82) is 0 Å². The first-order valence-electron chi connectivity index (χ1n) is 5.58. The number of methoxy groups -OCH3 is 1. The molecule has 0 aromatic heterocycles. The summed E-state index contributed by atoms with van der Waals surface area (Å²) in [4.78, 5) is 11.4. The summed E-state index contributed by atoms with van der Waals surface area (Å²) in [7, 11) is 1.27. The maximum absolute atomic E-state index is 11.4. The van der Waals surface area contributed by atoms with E-state index in [0.717, 1.165) is 10.8 Å². The number of carbonyl (C=O) groups excluding carboxylic acids is 1. The Morgan fingerprint density at radius 3 is 2.61 bits per heavy atom. The number of esters is 1. The summed E-state index contributed by atoms with van der Waals surface area (Å²) in [5.41, 5.74) is 0.692. The summed E-state index contributed by atoms with van der Waals surface area (Å²) >= 11 is 0. The second-order valence-electron chi connectivity index (χ2n) is 3.99. The van der Waals surface area contributed by atoms with Gasteiger partial charge < -0.3 is 9.84 Å². The number of aliphatic hydroxyl groups is 1. The lowest BCUT2D eigenvalue weighted by molar-refractivity contribution is -0.137. The largest absolute Gasteiger partial charge is 0.466 e. The number of aliphatic hydroxyl groups excluding tert-OH is 1.